The van der Waals surface area contributed by atoms with Crippen molar-refractivity contribution in [3.8, 4) is 17.6 Å². The van der Waals surface area contributed by atoms with E-state index >= 15 is 0 Å². The first-order valence-electron chi connectivity index (χ1n) is 6.68. The first kappa shape index (κ1) is 14.3. The van der Waals surface area contributed by atoms with E-state index in [0.29, 0.717) is 21.9 Å². The molecule has 22 heavy (non-hydrogen) atoms. The number of benzene rings is 2. The molecule has 0 aliphatic carbocycles. The molecule has 110 valence electrons. The van der Waals surface area contributed by atoms with Crippen molar-refractivity contribution in [3.63, 3.8) is 0 Å². The molecule has 0 saturated carbocycles. The highest BCUT2D eigenvalue weighted by Gasteiger charge is 2.32. The Hall–Kier alpha value is -2.64. The molecule has 1 aliphatic rings. The molecule has 2 aromatic carbocycles. The molecule has 1 atom stereocenters. The molecular formula is C17H13ClN2O2. The van der Waals surface area contributed by atoms with Crippen LogP contribution in [-0.4, -0.2) is 5.11 Å². The van der Waals surface area contributed by atoms with E-state index in [1.807, 2.05) is 12.1 Å². The quantitative estimate of drug-likeness (QED) is 0.843. The average molecular weight is 313 g/mol. The predicted molar refractivity (Wildman–Crippen MR) is 83.6 cm³/mol. The van der Waals surface area contributed by atoms with Gasteiger partial charge < -0.3 is 15.6 Å². The maximum atomic E-state index is 9.86. The summed E-state index contributed by atoms with van der Waals surface area (Å²) in [6, 6.07) is 12.7. The second-order valence-electron chi connectivity index (χ2n) is 5.10. The molecular weight excluding hydrogens is 300 g/mol. The highest BCUT2D eigenvalue weighted by Crippen LogP contribution is 2.45. The van der Waals surface area contributed by atoms with Gasteiger partial charge in [-0.1, -0.05) is 29.8 Å². The van der Waals surface area contributed by atoms with E-state index in [2.05, 4.69) is 6.07 Å². The Bertz CT molecular complexity index is 820. The Morgan fingerprint density at radius 1 is 1.23 bits per heavy atom. The molecule has 1 unspecified atom stereocenters. The molecule has 0 radical (unpaired) electrons. The van der Waals surface area contributed by atoms with Gasteiger partial charge in [-0.25, -0.2) is 0 Å². The molecule has 2 aromatic rings. The number of allylic oxidation sites excluding steroid dienone is 1. The first-order valence-corrected chi connectivity index (χ1v) is 7.06. The lowest BCUT2D eigenvalue weighted by molar-refractivity contribution is 0.384. The van der Waals surface area contributed by atoms with Crippen molar-refractivity contribution in [2.24, 2.45) is 5.73 Å². The molecule has 0 fully saturated rings. The summed E-state index contributed by atoms with van der Waals surface area (Å²) in [5, 5.41) is 19.9. The Morgan fingerprint density at radius 3 is 2.55 bits per heavy atom. The number of ether oxygens (including phenoxy) is 1. The van der Waals surface area contributed by atoms with Crippen LogP contribution in [0.25, 0.3) is 0 Å². The summed E-state index contributed by atoms with van der Waals surface area (Å²) in [5.74, 6) is 0.340. The van der Waals surface area contributed by atoms with E-state index in [4.69, 9.17) is 22.1 Å². The Labute approximate surface area is 133 Å². The lowest BCUT2D eigenvalue weighted by Crippen LogP contribution is -2.21. The third kappa shape index (κ3) is 2.16. The van der Waals surface area contributed by atoms with Crippen molar-refractivity contribution in [3.05, 3.63) is 69.6 Å². The van der Waals surface area contributed by atoms with Crippen LogP contribution in [0.1, 0.15) is 22.6 Å². The van der Waals surface area contributed by atoms with Gasteiger partial charge in [0.05, 0.1) is 5.92 Å². The van der Waals surface area contributed by atoms with Crippen LogP contribution in [0.4, 0.5) is 0 Å². The SMILES string of the molecule is Cc1c(O)ccc2c1OC(N)=C(C#N)C2c1ccc(Cl)cc1. The summed E-state index contributed by atoms with van der Waals surface area (Å²) in [4.78, 5) is 0. The number of hydrogen-bond donors (Lipinski definition) is 2. The average Bonchev–Trinajstić information content (AvgIpc) is 2.51. The summed E-state index contributed by atoms with van der Waals surface area (Å²) in [5.41, 5.74) is 8.53. The molecule has 0 bridgehead atoms. The second-order valence-corrected chi connectivity index (χ2v) is 5.54. The van der Waals surface area contributed by atoms with Gasteiger partial charge in [-0.05, 0) is 30.7 Å². The molecule has 0 aromatic heterocycles. The zero-order valence-electron chi connectivity index (χ0n) is 11.8. The minimum atomic E-state index is -0.342. The van der Waals surface area contributed by atoms with Crippen LogP contribution < -0.4 is 10.5 Å². The highest BCUT2D eigenvalue weighted by molar-refractivity contribution is 6.30. The van der Waals surface area contributed by atoms with Crippen molar-refractivity contribution in [1.82, 2.24) is 0 Å². The first-order chi connectivity index (χ1) is 10.5. The van der Waals surface area contributed by atoms with Crippen LogP contribution in [0.2, 0.25) is 5.02 Å². The highest BCUT2D eigenvalue weighted by atomic mass is 35.5. The smallest absolute Gasteiger partial charge is 0.205 e. The summed E-state index contributed by atoms with van der Waals surface area (Å²) in [6.07, 6.45) is 0. The Kier molecular flexibility index (Phi) is 3.44. The minimum Gasteiger partial charge on any atom is -0.508 e. The van der Waals surface area contributed by atoms with Gasteiger partial charge in [0.15, 0.2) is 0 Å². The largest absolute Gasteiger partial charge is 0.508 e. The Morgan fingerprint density at radius 2 is 1.91 bits per heavy atom. The molecule has 0 saturated heterocycles. The maximum absolute atomic E-state index is 9.86. The molecule has 4 nitrogen and oxygen atoms in total. The van der Waals surface area contributed by atoms with E-state index in [1.165, 1.54) is 0 Å². The fourth-order valence-corrected chi connectivity index (χ4v) is 2.77. The van der Waals surface area contributed by atoms with Gasteiger partial charge in [-0.3, -0.25) is 0 Å². The molecule has 0 amide bonds. The number of halogens is 1. The van der Waals surface area contributed by atoms with Crippen LogP contribution in [-0.2, 0) is 0 Å². The van der Waals surface area contributed by atoms with E-state index in [1.54, 1.807) is 31.2 Å². The van der Waals surface area contributed by atoms with Crippen molar-refractivity contribution >= 4 is 11.6 Å². The number of phenols is 1. The number of phenolic OH excluding ortho intramolecular Hbond substituents is 1. The van der Waals surface area contributed by atoms with Gasteiger partial charge >= 0.3 is 0 Å². The lowest BCUT2D eigenvalue weighted by Gasteiger charge is -2.27. The van der Waals surface area contributed by atoms with Crippen LogP contribution in [0, 0.1) is 18.3 Å². The van der Waals surface area contributed by atoms with Gasteiger partial charge in [0.25, 0.3) is 0 Å². The van der Waals surface area contributed by atoms with Gasteiger partial charge in [0.2, 0.25) is 5.88 Å². The fraction of sp³-hybridized carbons (Fsp3) is 0.118. The third-order valence-electron chi connectivity index (χ3n) is 3.81. The molecule has 5 heteroatoms. The molecule has 1 heterocycles. The van der Waals surface area contributed by atoms with E-state index in [-0.39, 0.29) is 17.6 Å². The number of aromatic hydroxyl groups is 1. The van der Waals surface area contributed by atoms with Gasteiger partial charge in [-0.2, -0.15) is 5.26 Å². The summed E-state index contributed by atoms with van der Waals surface area (Å²) in [7, 11) is 0. The normalized spacial score (nSPS) is 16.7. The summed E-state index contributed by atoms with van der Waals surface area (Å²) < 4.78 is 5.57. The summed E-state index contributed by atoms with van der Waals surface area (Å²) >= 11 is 5.94. The molecule has 3 rings (SSSR count). The monoisotopic (exact) mass is 312 g/mol. The van der Waals surface area contributed by atoms with Crippen LogP contribution in [0.15, 0.2) is 47.9 Å². The van der Waals surface area contributed by atoms with Crippen molar-refractivity contribution in [1.29, 1.82) is 5.26 Å². The molecule has 1 aliphatic heterocycles. The number of hydrogen-bond acceptors (Lipinski definition) is 4. The summed E-state index contributed by atoms with van der Waals surface area (Å²) in [6.45, 7) is 1.75. The maximum Gasteiger partial charge on any atom is 0.205 e. The topological polar surface area (TPSA) is 79.3 Å². The number of fused-ring (bicyclic) bond motifs is 1. The zero-order chi connectivity index (χ0) is 15.9. The number of nitrogens with zero attached hydrogens (tertiary/aromatic N) is 1. The number of rotatable bonds is 1. The van der Waals surface area contributed by atoms with Crippen LogP contribution >= 0.6 is 11.6 Å². The predicted octanol–water partition coefficient (Wildman–Crippen LogP) is 3.57. The third-order valence-corrected chi connectivity index (χ3v) is 4.06. The molecule has 0 spiro atoms. The number of nitrogens with two attached hydrogens (primary N) is 1. The van der Waals surface area contributed by atoms with Crippen LogP contribution in [0.3, 0.4) is 0 Å². The van der Waals surface area contributed by atoms with Gasteiger partial charge in [0.1, 0.15) is 23.1 Å². The van der Waals surface area contributed by atoms with E-state index in [0.717, 1.165) is 11.1 Å². The lowest BCUT2D eigenvalue weighted by atomic mass is 9.83. The Balaban J connectivity index is 2.25. The van der Waals surface area contributed by atoms with Crippen molar-refractivity contribution in [2.45, 2.75) is 12.8 Å². The zero-order valence-corrected chi connectivity index (χ0v) is 12.6. The number of nitriles is 1. The second kappa shape index (κ2) is 5.28. The fourth-order valence-electron chi connectivity index (χ4n) is 2.65. The van der Waals surface area contributed by atoms with Gasteiger partial charge in [-0.15, -0.1) is 0 Å². The van der Waals surface area contributed by atoms with E-state index in [9.17, 15) is 10.4 Å². The minimum absolute atomic E-state index is 0.0589. The van der Waals surface area contributed by atoms with Crippen LogP contribution in [0.5, 0.6) is 11.5 Å². The standard InChI is InChI=1S/C17H13ClN2O2/c1-9-14(21)7-6-12-15(10-2-4-11(18)5-3-10)13(8-19)17(20)22-16(9)12/h2-7,15,21H,20H2,1H3. The van der Waals surface area contributed by atoms with Crippen molar-refractivity contribution < 1.29 is 9.84 Å². The van der Waals surface area contributed by atoms with Gasteiger partial charge in [0, 0.05) is 16.1 Å². The van der Waals surface area contributed by atoms with E-state index < -0.39 is 0 Å². The van der Waals surface area contributed by atoms with Crippen molar-refractivity contribution in [2.75, 3.05) is 0 Å². The molecule has 3 N–H and O–H groups in total.